The highest BCUT2D eigenvalue weighted by molar-refractivity contribution is 7.47. The van der Waals surface area contributed by atoms with E-state index in [1.54, 1.807) is 0 Å². The van der Waals surface area contributed by atoms with Gasteiger partial charge in [-0.2, -0.15) is 0 Å². The Labute approximate surface area is 581 Å². The maximum absolute atomic E-state index is 13.1. The van der Waals surface area contributed by atoms with Gasteiger partial charge in [0.05, 0.1) is 26.4 Å². The Morgan fingerprint density at radius 1 is 0.305 bits per heavy atom. The lowest BCUT2D eigenvalue weighted by molar-refractivity contribution is -0.161. The van der Waals surface area contributed by atoms with Crippen LogP contribution in [0.15, 0.2) is 0 Å². The first-order valence-corrected chi connectivity index (χ1v) is 42.4. The molecule has 95 heavy (non-hydrogen) atoms. The third-order valence-corrected chi connectivity index (χ3v) is 19.9. The number of phosphoric acid groups is 2. The van der Waals surface area contributed by atoms with Gasteiger partial charge in [0.2, 0.25) is 0 Å². The summed E-state index contributed by atoms with van der Waals surface area (Å²) in [7, 11) is -9.91. The lowest BCUT2D eigenvalue weighted by Crippen LogP contribution is -2.30. The minimum Gasteiger partial charge on any atom is -0.462 e. The minimum absolute atomic E-state index is 0.103. The van der Waals surface area contributed by atoms with E-state index >= 15 is 0 Å². The number of unbranched alkanes of at least 4 members (excludes halogenated alkanes) is 41. The highest BCUT2D eigenvalue weighted by atomic mass is 31.2. The summed E-state index contributed by atoms with van der Waals surface area (Å²) in [5, 5.41) is 10.6. The van der Waals surface area contributed by atoms with Gasteiger partial charge in [0, 0.05) is 25.7 Å². The van der Waals surface area contributed by atoms with Crippen LogP contribution in [0, 0.1) is 17.8 Å². The molecule has 0 aliphatic heterocycles. The predicted octanol–water partition coefficient (Wildman–Crippen LogP) is 22.2. The van der Waals surface area contributed by atoms with Crippen molar-refractivity contribution in [3.63, 3.8) is 0 Å². The van der Waals surface area contributed by atoms with Crippen molar-refractivity contribution in [1.29, 1.82) is 0 Å². The summed E-state index contributed by atoms with van der Waals surface area (Å²) < 4.78 is 68.5. The molecule has 0 aromatic heterocycles. The van der Waals surface area contributed by atoms with Crippen LogP contribution in [0.25, 0.3) is 0 Å². The van der Waals surface area contributed by atoms with Gasteiger partial charge in [-0.1, -0.05) is 337 Å². The van der Waals surface area contributed by atoms with Crippen LogP contribution in [-0.2, 0) is 65.4 Å². The summed E-state index contributed by atoms with van der Waals surface area (Å²) in [5.41, 5.74) is 0. The van der Waals surface area contributed by atoms with Crippen molar-refractivity contribution in [3.05, 3.63) is 0 Å². The molecular weight excluding hydrogens is 1250 g/mol. The zero-order valence-electron chi connectivity index (χ0n) is 62.1. The Kier molecular flexibility index (Phi) is 65.2. The van der Waals surface area contributed by atoms with Gasteiger partial charge >= 0.3 is 39.5 Å². The van der Waals surface area contributed by atoms with E-state index in [1.807, 2.05) is 0 Å². The van der Waals surface area contributed by atoms with Crippen LogP contribution in [0.5, 0.6) is 0 Å². The molecule has 3 N–H and O–H groups in total. The average Bonchev–Trinajstić information content (AvgIpc) is 1.48. The third kappa shape index (κ3) is 69.0. The quantitative estimate of drug-likeness (QED) is 0.0222. The first-order chi connectivity index (χ1) is 45.8. The lowest BCUT2D eigenvalue weighted by Gasteiger charge is -2.21. The van der Waals surface area contributed by atoms with Gasteiger partial charge in [-0.15, -0.1) is 0 Å². The van der Waals surface area contributed by atoms with Crippen molar-refractivity contribution in [2.45, 2.75) is 407 Å². The van der Waals surface area contributed by atoms with Crippen molar-refractivity contribution >= 4 is 39.5 Å². The molecule has 6 atom stereocenters. The molecule has 0 bridgehead atoms. The SMILES string of the molecule is CCCCCCCCCCCCCCCCCCCC(=O)OC[C@H](COP(=O)(O)OC[C@@H](O)COP(=O)(O)OC[C@@H](COC(=O)CCCCCCCCC(C)C)OC(=O)CCCCCCCCCCC(C)C)OC(=O)CCCCCCCCCCCCCCCCC(C)CC. The molecule has 0 heterocycles. The number of hydrogen-bond donors (Lipinski definition) is 3. The van der Waals surface area contributed by atoms with Gasteiger partial charge in [-0.25, -0.2) is 9.13 Å². The number of aliphatic hydroxyl groups is 1. The number of carbonyl (C=O) groups excluding carboxylic acids is 4. The van der Waals surface area contributed by atoms with Crippen LogP contribution in [0.1, 0.15) is 389 Å². The second kappa shape index (κ2) is 66.6. The number of aliphatic hydroxyl groups excluding tert-OH is 1. The van der Waals surface area contributed by atoms with Crippen LogP contribution in [0.3, 0.4) is 0 Å². The monoisotopic (exact) mass is 1400 g/mol. The number of hydrogen-bond acceptors (Lipinski definition) is 15. The second-order valence-corrected chi connectivity index (χ2v) is 31.5. The lowest BCUT2D eigenvalue weighted by atomic mass is 9.99. The van der Waals surface area contributed by atoms with Gasteiger partial charge in [0.15, 0.2) is 12.2 Å². The Bertz CT molecular complexity index is 1850. The molecule has 0 radical (unpaired) electrons. The van der Waals surface area contributed by atoms with Gasteiger partial charge in [-0.05, 0) is 43.4 Å². The summed E-state index contributed by atoms with van der Waals surface area (Å²) in [5.74, 6) is 0.122. The zero-order valence-corrected chi connectivity index (χ0v) is 63.9. The Balaban J connectivity index is 5.22. The smallest absolute Gasteiger partial charge is 0.462 e. The van der Waals surface area contributed by atoms with Gasteiger partial charge in [0.25, 0.3) is 0 Å². The van der Waals surface area contributed by atoms with Gasteiger partial charge in [0.1, 0.15) is 19.3 Å². The van der Waals surface area contributed by atoms with Crippen LogP contribution in [0.2, 0.25) is 0 Å². The molecule has 564 valence electrons. The number of carbonyl (C=O) groups is 4. The predicted molar refractivity (Wildman–Crippen MR) is 386 cm³/mol. The maximum Gasteiger partial charge on any atom is 0.472 e. The molecule has 0 spiro atoms. The fraction of sp³-hybridized carbons (Fsp3) is 0.947. The molecule has 0 aliphatic carbocycles. The molecule has 0 amide bonds. The van der Waals surface area contributed by atoms with Crippen molar-refractivity contribution in [3.8, 4) is 0 Å². The fourth-order valence-electron chi connectivity index (χ4n) is 11.6. The molecule has 0 saturated heterocycles. The zero-order chi connectivity index (χ0) is 70.1. The van der Waals surface area contributed by atoms with E-state index < -0.39 is 97.5 Å². The normalized spacial score (nSPS) is 14.4. The van der Waals surface area contributed by atoms with E-state index in [-0.39, 0.29) is 25.7 Å². The second-order valence-electron chi connectivity index (χ2n) is 28.6. The highest BCUT2D eigenvalue weighted by Crippen LogP contribution is 2.45. The Morgan fingerprint density at radius 2 is 0.537 bits per heavy atom. The first-order valence-electron chi connectivity index (χ1n) is 39.4. The number of ether oxygens (including phenoxy) is 4. The molecule has 0 aromatic carbocycles. The number of rotatable bonds is 74. The van der Waals surface area contributed by atoms with Crippen molar-refractivity contribution in [2.75, 3.05) is 39.6 Å². The molecule has 17 nitrogen and oxygen atoms in total. The molecule has 0 fully saturated rings. The summed E-state index contributed by atoms with van der Waals surface area (Å²) in [4.78, 5) is 72.7. The van der Waals surface area contributed by atoms with E-state index in [0.29, 0.717) is 31.6 Å². The van der Waals surface area contributed by atoms with E-state index in [4.69, 9.17) is 37.0 Å². The Hall–Kier alpha value is -1.94. The topological polar surface area (TPSA) is 237 Å². The molecule has 0 aromatic rings. The third-order valence-electron chi connectivity index (χ3n) is 18.0. The van der Waals surface area contributed by atoms with Crippen LogP contribution in [-0.4, -0.2) is 96.7 Å². The minimum atomic E-state index is -4.96. The van der Waals surface area contributed by atoms with Crippen LogP contribution in [0.4, 0.5) is 0 Å². The van der Waals surface area contributed by atoms with E-state index in [9.17, 15) is 43.2 Å². The highest BCUT2D eigenvalue weighted by Gasteiger charge is 2.30. The average molecular weight is 1400 g/mol. The summed E-state index contributed by atoms with van der Waals surface area (Å²) in [6.45, 7) is 11.8. The van der Waals surface area contributed by atoms with Crippen LogP contribution < -0.4 is 0 Å². The summed E-state index contributed by atoms with van der Waals surface area (Å²) >= 11 is 0. The molecule has 3 unspecified atom stereocenters. The largest absolute Gasteiger partial charge is 0.472 e. The summed E-state index contributed by atoms with van der Waals surface area (Å²) in [6.07, 6.45) is 52.9. The first kappa shape index (κ1) is 93.1. The molecular formula is C76H148O17P2. The summed E-state index contributed by atoms with van der Waals surface area (Å²) in [6, 6.07) is 0. The number of esters is 4. The maximum atomic E-state index is 13.1. The van der Waals surface area contributed by atoms with Gasteiger partial charge < -0.3 is 33.8 Å². The standard InChI is InChI=1S/C76H148O17P2/c1-8-10-11-12-13-14-15-16-17-18-19-23-26-29-35-43-50-57-73(78)86-63-71(92-75(80)59-52-45-36-30-27-24-21-20-22-25-28-34-42-49-56-69(7)9-2)65-90-94(82,83)88-61-70(77)62-89-95(84,85)91-66-72(64-87-74(79)58-51-44-39-38-41-48-55-68(5)6)93-76(81)60-53-46-37-32-31-33-40-47-54-67(3)4/h67-72,77H,8-66H2,1-7H3,(H,82,83)(H,84,85)/t69?,70-,71-,72-/m1/s1. The van der Waals surface area contributed by atoms with E-state index in [0.717, 1.165) is 108 Å². The molecule has 0 rings (SSSR count). The Morgan fingerprint density at radius 3 is 0.800 bits per heavy atom. The number of phosphoric ester groups is 2. The molecule has 0 aliphatic rings. The van der Waals surface area contributed by atoms with E-state index in [1.165, 1.54) is 193 Å². The van der Waals surface area contributed by atoms with Crippen LogP contribution >= 0.6 is 15.6 Å². The van der Waals surface area contributed by atoms with E-state index in [2.05, 4.69) is 48.5 Å². The van der Waals surface area contributed by atoms with Crippen molar-refractivity contribution in [2.24, 2.45) is 17.8 Å². The fourth-order valence-corrected chi connectivity index (χ4v) is 13.1. The molecule has 0 saturated carbocycles. The molecule has 19 heteroatoms. The van der Waals surface area contributed by atoms with Gasteiger partial charge in [-0.3, -0.25) is 37.3 Å². The van der Waals surface area contributed by atoms with Crippen molar-refractivity contribution < 1.29 is 80.2 Å². The van der Waals surface area contributed by atoms with Crippen molar-refractivity contribution in [1.82, 2.24) is 0 Å².